The van der Waals surface area contributed by atoms with Crippen LogP contribution in [0.4, 0.5) is 4.79 Å². The number of urea groups is 1. The molecule has 2 aliphatic heterocycles. The number of carbonyl (C=O) groups excluding carboxylic acids is 2. The number of benzene rings is 1. The number of nitrogens with zero attached hydrogens (tertiary/aromatic N) is 2. The molecular formula is C20H29N3O2. The van der Waals surface area contributed by atoms with E-state index in [2.05, 4.69) is 24.4 Å². The molecule has 136 valence electrons. The van der Waals surface area contributed by atoms with Crippen molar-refractivity contribution in [2.24, 2.45) is 5.92 Å². The van der Waals surface area contributed by atoms with Gasteiger partial charge >= 0.3 is 6.03 Å². The summed E-state index contributed by atoms with van der Waals surface area (Å²) in [5.74, 6) is 0.293. The van der Waals surface area contributed by atoms with Crippen LogP contribution in [0.5, 0.6) is 0 Å². The first-order valence-electron chi connectivity index (χ1n) is 9.51. The highest BCUT2D eigenvalue weighted by atomic mass is 16.2. The maximum absolute atomic E-state index is 12.6. The van der Waals surface area contributed by atoms with Gasteiger partial charge in [0.05, 0.1) is 5.92 Å². The zero-order valence-electron chi connectivity index (χ0n) is 15.1. The zero-order valence-corrected chi connectivity index (χ0v) is 15.1. The predicted molar refractivity (Wildman–Crippen MR) is 98.4 cm³/mol. The van der Waals surface area contributed by atoms with E-state index in [9.17, 15) is 9.59 Å². The Labute approximate surface area is 150 Å². The predicted octanol–water partition coefficient (Wildman–Crippen LogP) is 2.83. The van der Waals surface area contributed by atoms with Crippen molar-refractivity contribution in [1.29, 1.82) is 0 Å². The van der Waals surface area contributed by atoms with Gasteiger partial charge in [-0.25, -0.2) is 4.79 Å². The van der Waals surface area contributed by atoms with Crippen LogP contribution in [0, 0.1) is 5.92 Å². The Morgan fingerprint density at radius 1 is 1.08 bits per heavy atom. The van der Waals surface area contributed by atoms with Crippen LogP contribution in [-0.2, 0) is 4.79 Å². The molecule has 2 atom stereocenters. The van der Waals surface area contributed by atoms with Gasteiger partial charge in [-0.05, 0) is 37.2 Å². The van der Waals surface area contributed by atoms with Crippen LogP contribution in [0.15, 0.2) is 30.3 Å². The minimum absolute atomic E-state index is 0.0803. The smallest absolute Gasteiger partial charge is 0.320 e. The molecule has 0 aromatic heterocycles. The summed E-state index contributed by atoms with van der Waals surface area (Å²) in [6.45, 7) is 5.82. The van der Waals surface area contributed by atoms with E-state index in [1.807, 2.05) is 28.0 Å². The van der Waals surface area contributed by atoms with Crippen molar-refractivity contribution in [3.05, 3.63) is 35.9 Å². The Kier molecular flexibility index (Phi) is 5.95. The highest BCUT2D eigenvalue weighted by molar-refractivity contribution is 5.81. The topological polar surface area (TPSA) is 52.7 Å². The maximum atomic E-state index is 12.6. The van der Waals surface area contributed by atoms with E-state index >= 15 is 0 Å². The van der Waals surface area contributed by atoms with Gasteiger partial charge in [0.1, 0.15) is 0 Å². The number of piperidine rings is 1. The first kappa shape index (κ1) is 17.8. The van der Waals surface area contributed by atoms with Crippen molar-refractivity contribution in [1.82, 2.24) is 15.1 Å². The Morgan fingerprint density at radius 3 is 2.48 bits per heavy atom. The largest absolute Gasteiger partial charge is 0.355 e. The van der Waals surface area contributed by atoms with Gasteiger partial charge in [-0.2, -0.15) is 0 Å². The van der Waals surface area contributed by atoms with E-state index in [0.717, 1.165) is 45.3 Å². The fourth-order valence-corrected chi connectivity index (χ4v) is 3.77. The van der Waals surface area contributed by atoms with E-state index in [1.54, 1.807) is 0 Å². The number of nitrogens with one attached hydrogen (secondary N) is 1. The summed E-state index contributed by atoms with van der Waals surface area (Å²) in [7, 11) is 0. The Bertz CT molecular complexity index is 584. The molecule has 5 heteroatoms. The molecule has 0 saturated carbocycles. The summed E-state index contributed by atoms with van der Waals surface area (Å²) in [6.07, 6.45) is 3.98. The number of hydrogen-bond donors (Lipinski definition) is 1. The molecule has 0 aliphatic carbocycles. The molecule has 3 amide bonds. The molecule has 5 nitrogen and oxygen atoms in total. The van der Waals surface area contributed by atoms with Gasteiger partial charge < -0.3 is 15.1 Å². The first-order valence-corrected chi connectivity index (χ1v) is 9.51. The van der Waals surface area contributed by atoms with E-state index in [1.165, 1.54) is 5.56 Å². The molecule has 3 rings (SSSR count). The third-order valence-corrected chi connectivity index (χ3v) is 5.39. The first-order chi connectivity index (χ1) is 12.1. The van der Waals surface area contributed by atoms with Gasteiger partial charge in [0.15, 0.2) is 0 Å². The molecular weight excluding hydrogens is 314 g/mol. The number of rotatable bonds is 4. The van der Waals surface area contributed by atoms with Gasteiger partial charge in [0.25, 0.3) is 0 Å². The number of likely N-dealkylation sites (tertiary alicyclic amines) is 2. The van der Waals surface area contributed by atoms with Gasteiger partial charge in [-0.3, -0.25) is 4.79 Å². The third kappa shape index (κ3) is 4.53. The Balaban J connectivity index is 1.49. The second-order valence-corrected chi connectivity index (χ2v) is 7.32. The third-order valence-electron chi connectivity index (χ3n) is 5.39. The van der Waals surface area contributed by atoms with Crippen LogP contribution in [-0.4, -0.2) is 54.5 Å². The number of hydrogen-bond acceptors (Lipinski definition) is 2. The summed E-state index contributed by atoms with van der Waals surface area (Å²) in [5, 5.41) is 3.09. The molecule has 0 spiro atoms. The van der Waals surface area contributed by atoms with Crippen molar-refractivity contribution in [2.45, 2.75) is 38.5 Å². The van der Waals surface area contributed by atoms with Crippen molar-refractivity contribution >= 4 is 11.9 Å². The number of carbonyl (C=O) groups is 2. The average Bonchev–Trinajstić information content (AvgIpc) is 3.20. The lowest BCUT2D eigenvalue weighted by Gasteiger charge is -2.34. The van der Waals surface area contributed by atoms with Crippen LogP contribution in [0.1, 0.15) is 44.1 Å². The summed E-state index contributed by atoms with van der Waals surface area (Å²) in [4.78, 5) is 28.9. The molecule has 1 aromatic rings. The Hall–Kier alpha value is -2.04. The minimum Gasteiger partial charge on any atom is -0.355 e. The van der Waals surface area contributed by atoms with Crippen LogP contribution in [0.2, 0.25) is 0 Å². The average molecular weight is 343 g/mol. The molecule has 2 fully saturated rings. The van der Waals surface area contributed by atoms with Gasteiger partial charge in [-0.1, -0.05) is 37.3 Å². The number of amides is 3. The van der Waals surface area contributed by atoms with Crippen molar-refractivity contribution in [3.63, 3.8) is 0 Å². The monoisotopic (exact) mass is 343 g/mol. The lowest BCUT2D eigenvalue weighted by Crippen LogP contribution is -2.49. The van der Waals surface area contributed by atoms with E-state index in [-0.39, 0.29) is 23.8 Å². The molecule has 1 aromatic carbocycles. The molecule has 2 saturated heterocycles. The standard InChI is InChI=1S/C20H29N3O2/c1-16(17-8-3-2-4-9-17)14-21-19(24)18-10-7-13-23(15-18)20(25)22-11-5-6-12-22/h2-4,8-9,16,18H,5-7,10-15H2,1H3,(H,21,24)/t16-,18-/m0/s1. The van der Waals surface area contributed by atoms with Gasteiger partial charge in [0, 0.05) is 32.7 Å². The summed E-state index contributed by atoms with van der Waals surface area (Å²) >= 11 is 0. The zero-order chi connectivity index (χ0) is 17.6. The molecule has 0 radical (unpaired) electrons. The van der Waals surface area contributed by atoms with E-state index in [4.69, 9.17) is 0 Å². The molecule has 2 heterocycles. The summed E-state index contributed by atoms with van der Waals surface area (Å²) in [6, 6.07) is 10.4. The normalized spacial score (nSPS) is 21.9. The maximum Gasteiger partial charge on any atom is 0.320 e. The van der Waals surface area contributed by atoms with Crippen molar-refractivity contribution in [3.8, 4) is 0 Å². The van der Waals surface area contributed by atoms with Crippen molar-refractivity contribution in [2.75, 3.05) is 32.7 Å². The SMILES string of the molecule is C[C@@H](CNC(=O)[C@H]1CCCN(C(=O)N2CCCC2)C1)c1ccccc1. The fraction of sp³-hybridized carbons (Fsp3) is 0.600. The quantitative estimate of drug-likeness (QED) is 0.914. The lowest BCUT2D eigenvalue weighted by atomic mass is 9.96. The Morgan fingerprint density at radius 2 is 1.76 bits per heavy atom. The molecule has 2 aliphatic rings. The fourth-order valence-electron chi connectivity index (χ4n) is 3.77. The van der Waals surface area contributed by atoms with E-state index < -0.39 is 0 Å². The molecule has 0 unspecified atom stereocenters. The minimum atomic E-state index is -0.0803. The molecule has 1 N–H and O–H groups in total. The highest BCUT2D eigenvalue weighted by Gasteiger charge is 2.31. The van der Waals surface area contributed by atoms with Crippen molar-refractivity contribution < 1.29 is 9.59 Å². The highest BCUT2D eigenvalue weighted by Crippen LogP contribution is 2.20. The van der Waals surface area contributed by atoms with Gasteiger partial charge in [-0.15, -0.1) is 0 Å². The molecule has 0 bridgehead atoms. The second-order valence-electron chi connectivity index (χ2n) is 7.32. The van der Waals surface area contributed by atoms with Crippen LogP contribution in [0.25, 0.3) is 0 Å². The van der Waals surface area contributed by atoms with Crippen LogP contribution in [0.3, 0.4) is 0 Å². The molecule has 25 heavy (non-hydrogen) atoms. The summed E-state index contributed by atoms with van der Waals surface area (Å²) in [5.41, 5.74) is 1.23. The van der Waals surface area contributed by atoms with Crippen LogP contribution >= 0.6 is 0 Å². The van der Waals surface area contributed by atoms with E-state index in [0.29, 0.717) is 13.1 Å². The lowest BCUT2D eigenvalue weighted by molar-refractivity contribution is -0.126. The van der Waals surface area contributed by atoms with Crippen LogP contribution < -0.4 is 5.32 Å². The van der Waals surface area contributed by atoms with Gasteiger partial charge in [0.2, 0.25) is 5.91 Å². The second kappa shape index (κ2) is 8.37. The summed E-state index contributed by atoms with van der Waals surface area (Å²) < 4.78 is 0.